The number of aliphatic hydroxyl groups is 3. The van der Waals surface area contributed by atoms with Crippen molar-refractivity contribution in [2.75, 3.05) is 6.61 Å². The first kappa shape index (κ1) is 77.0. The van der Waals surface area contributed by atoms with Crippen molar-refractivity contribution in [2.45, 2.75) is 311 Å². The second-order valence-electron chi connectivity index (χ2n) is 29.9. The maximum Gasteiger partial charge on any atom is 0.430 e. The van der Waals surface area contributed by atoms with Crippen molar-refractivity contribution < 1.29 is 109 Å². The number of carbonyl (C=O) groups excluding carboxylic acids is 6. The van der Waals surface area contributed by atoms with E-state index in [1.807, 2.05) is 104 Å². The summed E-state index contributed by atoms with van der Waals surface area (Å²) in [4.78, 5) is 81.7. The minimum atomic E-state index is -6.02. The number of halogens is 6. The highest BCUT2D eigenvalue weighted by Gasteiger charge is 2.81. The quantitative estimate of drug-likeness (QED) is 0.0406. The molecular weight excluding hydrogens is 1150 g/mol. The average molecular weight is 1260 g/mol. The number of cyclic esters (lactones) is 1. The molecule has 0 aromatic heterocycles. The van der Waals surface area contributed by atoms with Gasteiger partial charge in [-0.25, -0.2) is 0 Å². The molecule has 1 heterocycles. The predicted molar refractivity (Wildman–Crippen MR) is 308 cm³/mol. The average Bonchev–Trinajstić information content (AvgIpc) is 0.738. The van der Waals surface area contributed by atoms with Crippen LogP contribution in [0.2, 0.25) is 0 Å². The third kappa shape index (κ3) is 17.8. The second-order valence-corrected chi connectivity index (χ2v) is 29.9. The molecule has 87 heavy (non-hydrogen) atoms. The summed E-state index contributed by atoms with van der Waals surface area (Å²) in [5, 5.41) is 40.5. The molecule has 7 aliphatic rings. The molecule has 7 rings (SSSR count). The highest BCUT2D eigenvalue weighted by molar-refractivity contribution is 5.90. The lowest BCUT2D eigenvalue weighted by Crippen LogP contribution is -2.71. The SMILES string of the molecule is CCC(C)(C)C(=O)OC1(C(O)(C(F)(F)F)C(F)(F)F)CCCC1.CCC(C)(C)C(=O)OC12CC3CC(C(C)(C)O)(C1)CC(C(C)(C)O)(C3)C2.CCC(C)(C)C(=O)OC1CCC(C(C)(C)OC(=O)CC(=O)O)CC1.CCC(C)(C)C(=O)OC1COC(=O)C1. The van der Waals surface area contributed by atoms with Crippen LogP contribution in [0.5, 0.6) is 0 Å². The molecule has 1 aliphatic heterocycles. The fraction of sp³-hybridized carbons (Fsp3) is 0.891. The summed E-state index contributed by atoms with van der Waals surface area (Å²) in [5.74, 6) is -3.43. The number of hydrogen-bond acceptors (Lipinski definition) is 16. The van der Waals surface area contributed by atoms with E-state index in [4.69, 9.17) is 33.5 Å². The zero-order chi connectivity index (χ0) is 67.4. The van der Waals surface area contributed by atoms with Crippen LogP contribution in [0.3, 0.4) is 0 Å². The lowest BCUT2D eigenvalue weighted by Gasteiger charge is -2.70. The van der Waals surface area contributed by atoms with Crippen molar-refractivity contribution in [3.63, 3.8) is 0 Å². The number of ether oxygens (including phenoxy) is 6. The fourth-order valence-electron chi connectivity index (χ4n) is 12.8. The van der Waals surface area contributed by atoms with Crippen LogP contribution < -0.4 is 0 Å². The number of carboxylic acids is 1. The van der Waals surface area contributed by atoms with Crippen molar-refractivity contribution in [2.24, 2.45) is 44.3 Å². The van der Waals surface area contributed by atoms with Gasteiger partial charge in [0.1, 0.15) is 36.4 Å². The van der Waals surface area contributed by atoms with Gasteiger partial charge in [-0.1, -0.05) is 27.7 Å². The zero-order valence-corrected chi connectivity index (χ0v) is 55.0. The van der Waals surface area contributed by atoms with Gasteiger partial charge in [-0.3, -0.25) is 33.6 Å². The molecule has 17 nitrogen and oxygen atoms in total. The van der Waals surface area contributed by atoms with E-state index in [1.165, 1.54) is 13.8 Å². The van der Waals surface area contributed by atoms with Gasteiger partial charge < -0.3 is 48.8 Å². The van der Waals surface area contributed by atoms with Crippen molar-refractivity contribution in [3.8, 4) is 0 Å². The molecule has 3 atom stereocenters. The minimum Gasteiger partial charge on any atom is -0.481 e. The van der Waals surface area contributed by atoms with Gasteiger partial charge in [0, 0.05) is 10.8 Å². The van der Waals surface area contributed by atoms with Crippen LogP contribution in [0.25, 0.3) is 0 Å². The number of aliphatic carboxylic acids is 1. The van der Waals surface area contributed by atoms with Crippen molar-refractivity contribution >= 4 is 41.8 Å². The topological polar surface area (TPSA) is 256 Å². The third-order valence-electron chi connectivity index (χ3n) is 20.5. The van der Waals surface area contributed by atoms with E-state index in [0.717, 1.165) is 64.2 Å². The Hall–Kier alpha value is -4.25. The molecular formula is C64H104F6O17. The van der Waals surface area contributed by atoms with E-state index >= 15 is 0 Å². The number of hydrogen-bond donors (Lipinski definition) is 4. The van der Waals surface area contributed by atoms with Crippen LogP contribution in [0.4, 0.5) is 26.3 Å². The fourth-order valence-corrected chi connectivity index (χ4v) is 12.8. The van der Waals surface area contributed by atoms with Crippen molar-refractivity contribution in [3.05, 3.63) is 0 Å². The smallest absolute Gasteiger partial charge is 0.430 e. The highest BCUT2D eigenvalue weighted by Crippen LogP contribution is 2.72. The van der Waals surface area contributed by atoms with Gasteiger partial charge in [-0.15, -0.1) is 0 Å². The van der Waals surface area contributed by atoms with E-state index in [0.29, 0.717) is 25.2 Å². The van der Waals surface area contributed by atoms with Gasteiger partial charge in [-0.2, -0.15) is 26.3 Å². The Morgan fingerprint density at radius 1 is 0.552 bits per heavy atom. The monoisotopic (exact) mass is 1260 g/mol. The van der Waals surface area contributed by atoms with Gasteiger partial charge >= 0.3 is 54.1 Å². The molecule has 1 saturated heterocycles. The summed E-state index contributed by atoms with van der Waals surface area (Å²) in [5.41, 5.74) is -14.5. The summed E-state index contributed by atoms with van der Waals surface area (Å²) >= 11 is 0. The van der Waals surface area contributed by atoms with Crippen molar-refractivity contribution in [1.29, 1.82) is 0 Å². The molecule has 0 amide bonds. The number of esters is 6. The molecule has 7 fully saturated rings. The van der Waals surface area contributed by atoms with Crippen LogP contribution >= 0.6 is 0 Å². The van der Waals surface area contributed by atoms with Crippen LogP contribution in [-0.2, 0) is 62.0 Å². The maximum absolute atomic E-state index is 13.2. The van der Waals surface area contributed by atoms with Crippen molar-refractivity contribution in [1.82, 2.24) is 0 Å². The van der Waals surface area contributed by atoms with E-state index in [1.54, 1.807) is 6.92 Å². The predicted octanol–water partition coefficient (Wildman–Crippen LogP) is 13.0. The number of carboxylic acid groups (broad SMARTS) is 1. The van der Waals surface area contributed by atoms with E-state index in [-0.39, 0.29) is 85.1 Å². The largest absolute Gasteiger partial charge is 0.481 e. The lowest BCUT2D eigenvalue weighted by molar-refractivity contribution is -0.412. The van der Waals surface area contributed by atoms with E-state index in [2.05, 4.69) is 0 Å². The van der Waals surface area contributed by atoms with Crippen LogP contribution in [-0.4, -0.2) is 127 Å². The molecule has 504 valence electrons. The summed E-state index contributed by atoms with van der Waals surface area (Å²) in [7, 11) is 0. The summed E-state index contributed by atoms with van der Waals surface area (Å²) < 4.78 is 111. The summed E-state index contributed by atoms with van der Waals surface area (Å²) in [6.07, 6.45) is -3.99. The minimum absolute atomic E-state index is 0.00565. The Labute approximate surface area is 511 Å². The molecule has 3 unspecified atom stereocenters. The molecule has 0 aromatic rings. The Bertz CT molecular complexity index is 2370. The normalized spacial score (nSPS) is 26.7. The molecule has 6 aliphatic carbocycles. The Kier molecular flexibility index (Phi) is 24.2. The van der Waals surface area contributed by atoms with E-state index in [9.17, 15) is 75.2 Å². The Morgan fingerprint density at radius 3 is 1.30 bits per heavy atom. The number of alkyl halides is 6. The molecule has 4 N–H and O–H groups in total. The van der Waals surface area contributed by atoms with Gasteiger partial charge in [0.05, 0.1) is 39.3 Å². The van der Waals surface area contributed by atoms with Crippen LogP contribution in [0, 0.1) is 44.3 Å². The lowest BCUT2D eigenvalue weighted by atomic mass is 9.37. The maximum atomic E-state index is 13.2. The molecule has 0 aromatic carbocycles. The van der Waals surface area contributed by atoms with E-state index < -0.39 is 105 Å². The molecule has 23 heteroatoms. The molecule has 0 radical (unpaired) electrons. The first-order chi connectivity index (χ1) is 39.2. The zero-order valence-electron chi connectivity index (χ0n) is 55.0. The molecule has 0 spiro atoms. The van der Waals surface area contributed by atoms with Crippen LogP contribution in [0.1, 0.15) is 253 Å². The molecule has 6 saturated carbocycles. The van der Waals surface area contributed by atoms with Crippen LogP contribution in [0.15, 0.2) is 0 Å². The van der Waals surface area contributed by atoms with Gasteiger partial charge in [0.15, 0.2) is 5.60 Å². The Balaban J connectivity index is 0.000000310. The highest BCUT2D eigenvalue weighted by atomic mass is 19.4. The second kappa shape index (κ2) is 27.3. The third-order valence-corrected chi connectivity index (χ3v) is 20.5. The van der Waals surface area contributed by atoms with Gasteiger partial charge in [-0.05, 0) is 224 Å². The standard InChI is InChI=1S/C22H38O4.C18H30O6.C14H20F6O3.C10H16O4/c1-8-17(2,3)16(23)26-22-11-15-9-20(13-22,18(4,5)24)12-21(10-15,14-22)19(6,7)25;1-6-17(2,3)16(22)23-13-9-7-12(8-10-13)18(4,5)24-15(21)11-14(19)20;1-4-10(2,3)9(21)23-11(7-5-6-8-11)12(22,13(15,16)17)14(18,19)20;1-4-10(2,3)9(12)14-7-5-8(11)13-6-7/h15,24-25H,8-14H2,1-7H3;12-13H,6-11H2,1-5H3,(H,19,20);22H,4-8H2,1-3H3;7H,4-6H2,1-3H3. The first-order valence-corrected chi connectivity index (χ1v) is 31.0. The van der Waals surface area contributed by atoms with Gasteiger partial charge in [0.25, 0.3) is 5.60 Å². The number of carbonyl (C=O) groups is 7. The molecule has 4 bridgehead atoms. The summed E-state index contributed by atoms with van der Waals surface area (Å²) in [6, 6.07) is 0. The summed E-state index contributed by atoms with van der Waals surface area (Å²) in [6.45, 7) is 32.9. The number of rotatable bonds is 19. The van der Waals surface area contributed by atoms with Gasteiger partial charge in [0.2, 0.25) is 0 Å². The Morgan fingerprint density at radius 2 is 0.943 bits per heavy atom. The first-order valence-electron chi connectivity index (χ1n) is 31.0.